The van der Waals surface area contributed by atoms with Gasteiger partial charge >= 0.3 is 0 Å². The summed E-state index contributed by atoms with van der Waals surface area (Å²) in [5.74, 6) is 0.696. The summed E-state index contributed by atoms with van der Waals surface area (Å²) in [5.41, 5.74) is 2.50. The lowest BCUT2D eigenvalue weighted by Crippen LogP contribution is -2.48. The van der Waals surface area contributed by atoms with Crippen LogP contribution in [0.3, 0.4) is 0 Å². The summed E-state index contributed by atoms with van der Waals surface area (Å²) < 4.78 is 11.1. The Morgan fingerprint density at radius 2 is 1.69 bits per heavy atom. The number of rotatable bonds is 4. The predicted molar refractivity (Wildman–Crippen MR) is 133 cm³/mol. The summed E-state index contributed by atoms with van der Waals surface area (Å²) in [6.07, 6.45) is 1.67. The van der Waals surface area contributed by atoms with Gasteiger partial charge in [0, 0.05) is 43.0 Å². The van der Waals surface area contributed by atoms with Crippen molar-refractivity contribution >= 4 is 23.2 Å². The number of carbonyl (C=O) groups excluding carboxylic acids is 2. The Morgan fingerprint density at radius 3 is 2.37 bits per heavy atom. The van der Waals surface area contributed by atoms with E-state index in [4.69, 9.17) is 14.2 Å². The number of thiazole rings is 1. The van der Waals surface area contributed by atoms with E-state index in [2.05, 4.69) is 5.16 Å². The largest absolute Gasteiger partial charge is 0.372 e. The molecule has 2 aliphatic heterocycles. The molecule has 184 valence electrons. The molecule has 8 nitrogen and oxygen atoms in total. The lowest BCUT2D eigenvalue weighted by atomic mass is 9.96. The Hall–Kier alpha value is -3.04. The summed E-state index contributed by atoms with van der Waals surface area (Å²) in [7, 11) is 0. The Bertz CT molecular complexity index is 1190. The molecule has 9 heteroatoms. The van der Waals surface area contributed by atoms with E-state index in [1.807, 2.05) is 59.4 Å². The van der Waals surface area contributed by atoms with Crippen LogP contribution in [0, 0.1) is 6.92 Å². The molecule has 2 fully saturated rings. The normalized spacial score (nSPS) is 21.3. The lowest BCUT2D eigenvalue weighted by molar-refractivity contribution is -0.0587. The van der Waals surface area contributed by atoms with E-state index in [-0.39, 0.29) is 29.9 Å². The van der Waals surface area contributed by atoms with Crippen LogP contribution in [0.25, 0.3) is 11.3 Å². The zero-order chi connectivity index (χ0) is 24.5. The van der Waals surface area contributed by atoms with E-state index < -0.39 is 0 Å². The lowest BCUT2D eigenvalue weighted by Gasteiger charge is -2.35. The summed E-state index contributed by atoms with van der Waals surface area (Å²) in [6, 6.07) is 9.64. The van der Waals surface area contributed by atoms with Crippen LogP contribution in [-0.4, -0.2) is 70.1 Å². The van der Waals surface area contributed by atoms with E-state index in [1.165, 1.54) is 0 Å². The van der Waals surface area contributed by atoms with Gasteiger partial charge in [0.2, 0.25) is 0 Å². The smallest absolute Gasteiger partial charge is 0.273 e. The Kier molecular flexibility index (Phi) is 6.71. The summed E-state index contributed by atoms with van der Waals surface area (Å²) >= 11 is 1.54. The number of ether oxygens (including phenoxy) is 1. The number of hydrogen-bond acceptors (Lipinski definition) is 7. The molecule has 2 unspecified atom stereocenters. The molecule has 3 aromatic rings. The van der Waals surface area contributed by atoms with Gasteiger partial charge in [0.25, 0.3) is 11.8 Å². The third kappa shape index (κ3) is 4.88. The van der Waals surface area contributed by atoms with Gasteiger partial charge in [0.1, 0.15) is 22.7 Å². The number of hydrogen-bond donors (Lipinski definition) is 0. The first-order valence-corrected chi connectivity index (χ1v) is 13.0. The minimum absolute atomic E-state index is 0.0270. The van der Waals surface area contributed by atoms with Crippen molar-refractivity contribution in [3.8, 4) is 11.3 Å². The van der Waals surface area contributed by atoms with Crippen molar-refractivity contribution in [1.82, 2.24) is 19.9 Å². The number of aryl methyl sites for hydroxylation is 1. The second-order valence-corrected chi connectivity index (χ2v) is 10.3. The molecule has 1 aromatic carbocycles. The van der Waals surface area contributed by atoms with Crippen LogP contribution in [-0.2, 0) is 4.74 Å². The standard InChI is InChI=1S/C26H30N4O4S/c1-16-13-30(14-17(2)33-16)25(31)21-15-35-24(27-21)20-9-11-29(12-10-20)26(32)22-18(3)34-28-23(22)19-7-5-4-6-8-19/h4-8,15-17,20H,9-14H2,1-3H3. The predicted octanol–water partition coefficient (Wildman–Crippen LogP) is 4.38. The number of amides is 2. The Morgan fingerprint density at radius 1 is 1.00 bits per heavy atom. The first-order valence-electron chi connectivity index (χ1n) is 12.1. The molecule has 35 heavy (non-hydrogen) atoms. The van der Waals surface area contributed by atoms with E-state index in [9.17, 15) is 9.59 Å². The third-order valence-corrected chi connectivity index (χ3v) is 7.71. The molecule has 0 N–H and O–H groups in total. The van der Waals surface area contributed by atoms with Crippen LogP contribution >= 0.6 is 11.3 Å². The van der Waals surface area contributed by atoms with Crippen molar-refractivity contribution in [2.45, 2.75) is 51.7 Å². The molecule has 0 bridgehead atoms. The zero-order valence-electron chi connectivity index (χ0n) is 20.3. The third-order valence-electron chi connectivity index (χ3n) is 6.70. The van der Waals surface area contributed by atoms with Gasteiger partial charge in [-0.2, -0.15) is 0 Å². The Labute approximate surface area is 208 Å². The van der Waals surface area contributed by atoms with Gasteiger partial charge in [0.15, 0.2) is 0 Å². The molecular weight excluding hydrogens is 464 g/mol. The molecule has 2 aliphatic rings. The average molecular weight is 495 g/mol. The second kappa shape index (κ2) is 9.91. The molecule has 2 atom stereocenters. The van der Waals surface area contributed by atoms with Crippen LogP contribution in [0.4, 0.5) is 0 Å². The van der Waals surface area contributed by atoms with Crippen molar-refractivity contribution < 1.29 is 18.8 Å². The van der Waals surface area contributed by atoms with Gasteiger partial charge in [-0.1, -0.05) is 35.5 Å². The number of likely N-dealkylation sites (tertiary alicyclic amines) is 1. The SMILES string of the molecule is Cc1onc(-c2ccccc2)c1C(=O)N1CCC(c2nc(C(=O)N3CC(C)OC(C)C3)cs2)CC1. The fourth-order valence-corrected chi connectivity index (χ4v) is 5.95. The van der Waals surface area contributed by atoms with Crippen LogP contribution in [0.15, 0.2) is 40.2 Å². The molecule has 2 amide bonds. The number of piperidine rings is 1. The van der Waals surface area contributed by atoms with Gasteiger partial charge in [-0.15, -0.1) is 11.3 Å². The maximum atomic E-state index is 13.4. The maximum Gasteiger partial charge on any atom is 0.273 e. The highest BCUT2D eigenvalue weighted by Gasteiger charge is 2.32. The number of aromatic nitrogens is 2. The first-order chi connectivity index (χ1) is 16.9. The molecule has 4 heterocycles. The quantitative estimate of drug-likeness (QED) is 0.535. The van der Waals surface area contributed by atoms with Gasteiger partial charge in [-0.25, -0.2) is 4.98 Å². The van der Waals surface area contributed by atoms with Gasteiger partial charge in [-0.3, -0.25) is 9.59 Å². The fraction of sp³-hybridized carbons (Fsp3) is 0.462. The Balaban J connectivity index is 1.23. The molecule has 0 radical (unpaired) electrons. The summed E-state index contributed by atoms with van der Waals surface area (Å²) in [4.78, 5) is 34.8. The highest BCUT2D eigenvalue weighted by Crippen LogP contribution is 2.33. The van der Waals surface area contributed by atoms with Crippen molar-refractivity contribution in [3.05, 3.63) is 57.7 Å². The van der Waals surface area contributed by atoms with E-state index in [0.717, 1.165) is 23.4 Å². The molecule has 2 aromatic heterocycles. The average Bonchev–Trinajstić information content (AvgIpc) is 3.50. The van der Waals surface area contributed by atoms with Gasteiger partial charge in [0.05, 0.1) is 17.2 Å². The number of nitrogens with zero attached hydrogens (tertiary/aromatic N) is 4. The molecular formula is C26H30N4O4S. The van der Waals surface area contributed by atoms with Crippen molar-refractivity contribution in [2.75, 3.05) is 26.2 Å². The van der Waals surface area contributed by atoms with E-state index in [1.54, 1.807) is 18.3 Å². The van der Waals surface area contributed by atoms with Crippen molar-refractivity contribution in [3.63, 3.8) is 0 Å². The number of benzene rings is 1. The van der Waals surface area contributed by atoms with Crippen LogP contribution < -0.4 is 0 Å². The summed E-state index contributed by atoms with van der Waals surface area (Å²) in [5, 5.41) is 7.00. The summed E-state index contributed by atoms with van der Waals surface area (Å²) in [6.45, 7) is 8.19. The van der Waals surface area contributed by atoms with Gasteiger partial charge < -0.3 is 19.1 Å². The minimum Gasteiger partial charge on any atom is -0.372 e. The molecule has 0 spiro atoms. The molecule has 2 saturated heterocycles. The molecule has 0 aliphatic carbocycles. The second-order valence-electron chi connectivity index (χ2n) is 9.43. The van der Waals surface area contributed by atoms with E-state index in [0.29, 0.717) is 48.9 Å². The minimum atomic E-state index is -0.0494. The topological polar surface area (TPSA) is 88.8 Å². The van der Waals surface area contributed by atoms with Crippen LogP contribution in [0.1, 0.15) is 64.2 Å². The maximum absolute atomic E-state index is 13.4. The van der Waals surface area contributed by atoms with Crippen molar-refractivity contribution in [2.24, 2.45) is 0 Å². The van der Waals surface area contributed by atoms with Gasteiger partial charge in [-0.05, 0) is 33.6 Å². The van der Waals surface area contributed by atoms with E-state index >= 15 is 0 Å². The fourth-order valence-electron chi connectivity index (χ4n) is 4.98. The monoisotopic (exact) mass is 494 g/mol. The molecule has 0 saturated carbocycles. The highest BCUT2D eigenvalue weighted by atomic mass is 32.1. The van der Waals surface area contributed by atoms with Crippen LogP contribution in [0.2, 0.25) is 0 Å². The first kappa shape index (κ1) is 23.7. The number of morpholine rings is 1. The highest BCUT2D eigenvalue weighted by molar-refractivity contribution is 7.09. The number of carbonyl (C=O) groups is 2. The van der Waals surface area contributed by atoms with Crippen LogP contribution in [0.5, 0.6) is 0 Å². The molecule has 5 rings (SSSR count). The zero-order valence-corrected chi connectivity index (χ0v) is 21.1. The van der Waals surface area contributed by atoms with Crippen molar-refractivity contribution in [1.29, 1.82) is 0 Å².